The van der Waals surface area contributed by atoms with Crippen molar-refractivity contribution in [2.45, 2.75) is 19.3 Å². The molecule has 0 unspecified atom stereocenters. The van der Waals surface area contributed by atoms with Crippen molar-refractivity contribution in [3.05, 3.63) is 302 Å². The zero-order chi connectivity index (χ0) is 59.5. The molecule has 4 heterocycles. The third kappa shape index (κ3) is 6.52. The van der Waals surface area contributed by atoms with E-state index in [4.69, 9.17) is 0 Å². The summed E-state index contributed by atoms with van der Waals surface area (Å²) in [6.45, 7) is 4.89. The van der Waals surface area contributed by atoms with Crippen molar-refractivity contribution in [3.8, 4) is 33.9 Å². The number of hydrogen-bond acceptors (Lipinski definition) is 0. The maximum atomic E-state index is 2.56. The lowest BCUT2D eigenvalue weighted by molar-refractivity contribution is 0.662. The topological polar surface area (TPSA) is 19.7 Å². The molecule has 16 aromatic carbocycles. The Bertz CT molecular complexity index is 6170. The summed E-state index contributed by atoms with van der Waals surface area (Å²) in [5.74, 6) is 0. The van der Waals surface area contributed by atoms with Gasteiger partial charge in [-0.2, -0.15) is 0 Å². The van der Waals surface area contributed by atoms with E-state index in [9.17, 15) is 0 Å². The molecule has 20 aromatic rings. The maximum absolute atomic E-state index is 2.56. The van der Waals surface area contributed by atoms with E-state index in [2.05, 4.69) is 323 Å². The number of para-hydroxylation sites is 6. The summed E-state index contributed by atoms with van der Waals surface area (Å²) in [4.78, 5) is 0. The van der Waals surface area contributed by atoms with Crippen LogP contribution in [0.4, 0.5) is 0 Å². The number of rotatable bonds is 4. The van der Waals surface area contributed by atoms with Crippen LogP contribution in [0, 0.1) is 0 Å². The Morgan fingerprint density at radius 3 is 0.692 bits per heavy atom. The molecule has 4 nitrogen and oxygen atoms in total. The number of hydrogen-bond donors (Lipinski definition) is 0. The third-order valence-corrected chi connectivity index (χ3v) is 21.1. The van der Waals surface area contributed by atoms with Gasteiger partial charge in [-0.25, -0.2) is 0 Å². The second kappa shape index (κ2) is 17.8. The fraction of sp³-hybridized carbons (Fsp3) is 0.0345. The van der Waals surface area contributed by atoms with Gasteiger partial charge in [-0.1, -0.05) is 184 Å². The first kappa shape index (κ1) is 49.3. The molecule has 4 heteroatoms. The average molecular weight is 1160 g/mol. The molecule has 91 heavy (non-hydrogen) atoms. The first-order valence-electron chi connectivity index (χ1n) is 31.8. The van der Waals surface area contributed by atoms with Gasteiger partial charge >= 0.3 is 0 Å². The van der Waals surface area contributed by atoms with Crippen molar-refractivity contribution >= 4 is 152 Å². The Hall–Kier alpha value is -11.7. The third-order valence-electron chi connectivity index (χ3n) is 21.1. The van der Waals surface area contributed by atoms with Gasteiger partial charge in [0.05, 0.1) is 44.1 Å². The van der Waals surface area contributed by atoms with Crippen LogP contribution in [-0.4, -0.2) is 18.3 Å². The largest absolute Gasteiger partial charge is 0.309 e. The van der Waals surface area contributed by atoms with Crippen LogP contribution in [0.15, 0.2) is 291 Å². The molecule has 21 rings (SSSR count). The molecular formula is C87H54N4. The van der Waals surface area contributed by atoms with Crippen molar-refractivity contribution < 1.29 is 0 Å². The molecule has 0 bridgehead atoms. The Labute approximate surface area is 522 Å². The zero-order valence-corrected chi connectivity index (χ0v) is 50.0. The first-order valence-corrected chi connectivity index (χ1v) is 31.8. The summed E-state index contributed by atoms with van der Waals surface area (Å²) in [5.41, 5.74) is 19.4. The van der Waals surface area contributed by atoms with Crippen LogP contribution in [0.5, 0.6) is 0 Å². The van der Waals surface area contributed by atoms with Crippen LogP contribution in [0.25, 0.3) is 186 Å². The van der Waals surface area contributed by atoms with Gasteiger partial charge in [0.15, 0.2) is 0 Å². The monoisotopic (exact) mass is 1150 g/mol. The molecule has 0 fully saturated rings. The molecule has 0 atom stereocenters. The van der Waals surface area contributed by atoms with E-state index >= 15 is 0 Å². The predicted octanol–water partition coefficient (Wildman–Crippen LogP) is 23.3. The maximum Gasteiger partial charge on any atom is 0.0542 e. The van der Waals surface area contributed by atoms with Crippen molar-refractivity contribution in [1.29, 1.82) is 0 Å². The smallest absolute Gasteiger partial charge is 0.0542 e. The first-order chi connectivity index (χ1) is 44.9. The van der Waals surface area contributed by atoms with Crippen LogP contribution >= 0.6 is 0 Å². The molecule has 4 aromatic heterocycles. The molecular weight excluding hydrogens is 1100 g/mol. The van der Waals surface area contributed by atoms with Crippen LogP contribution in [0.3, 0.4) is 0 Å². The standard InChI is InChI=1S/C87H54N4/c1-87(2)77-49-71-59-39-35-51(90-83-33-17-11-27-65(83)75-45-53(37-41-85(75)90)88-79-29-13-7-23-61(79)62-24-8-14-30-80(62)88)43-67(59)55-19-3-5-21-57(55)69(71)47-73(77)74-48-70-58-22-6-4-20-56(58)68-44-52(36-40-60(68)72(70)50-78(74)87)91-84-34-18-12-28-66(84)76-46-54(38-42-86(76)91)89-81-31-15-9-25-63(81)64-26-10-16-32-82(64)89/h3-50H,1-2H3. The molecule has 422 valence electrons. The van der Waals surface area contributed by atoms with Gasteiger partial charge in [0.2, 0.25) is 0 Å². The minimum atomic E-state index is -0.273. The lowest BCUT2D eigenvalue weighted by Gasteiger charge is -2.23. The van der Waals surface area contributed by atoms with Crippen molar-refractivity contribution in [1.82, 2.24) is 18.3 Å². The highest BCUT2D eigenvalue weighted by Gasteiger charge is 2.37. The Balaban J connectivity index is 0.715. The van der Waals surface area contributed by atoms with Gasteiger partial charge in [0, 0.05) is 71.3 Å². The highest BCUT2D eigenvalue weighted by atomic mass is 15.0. The summed E-state index contributed by atoms with van der Waals surface area (Å²) in [7, 11) is 0. The average Bonchev–Trinajstić information content (AvgIpc) is 1.61. The fourth-order valence-corrected chi connectivity index (χ4v) is 17.0. The van der Waals surface area contributed by atoms with E-state index in [-0.39, 0.29) is 5.41 Å². The second-order valence-electron chi connectivity index (χ2n) is 25.9. The summed E-state index contributed by atoms with van der Waals surface area (Å²) in [5, 5.41) is 25.3. The van der Waals surface area contributed by atoms with Crippen LogP contribution in [0.1, 0.15) is 25.0 Å². The Kier molecular flexibility index (Phi) is 9.62. The zero-order valence-electron chi connectivity index (χ0n) is 50.0. The van der Waals surface area contributed by atoms with Gasteiger partial charge in [0.25, 0.3) is 0 Å². The predicted molar refractivity (Wildman–Crippen MR) is 386 cm³/mol. The number of nitrogens with zero attached hydrogens (tertiary/aromatic N) is 4. The van der Waals surface area contributed by atoms with Gasteiger partial charge in [-0.15, -0.1) is 0 Å². The summed E-state index contributed by atoms with van der Waals surface area (Å²) in [6, 6.07) is 110. The fourth-order valence-electron chi connectivity index (χ4n) is 17.0. The van der Waals surface area contributed by atoms with E-state index in [0.29, 0.717) is 0 Å². The molecule has 1 aliphatic carbocycles. The van der Waals surface area contributed by atoms with E-state index in [1.807, 2.05) is 0 Å². The lowest BCUT2D eigenvalue weighted by atomic mass is 9.80. The molecule has 0 N–H and O–H groups in total. The van der Waals surface area contributed by atoms with Gasteiger partial charge in [-0.3, -0.25) is 0 Å². The lowest BCUT2D eigenvalue weighted by Crippen LogP contribution is -2.15. The molecule has 0 saturated heterocycles. The minimum Gasteiger partial charge on any atom is -0.309 e. The summed E-state index contributed by atoms with van der Waals surface area (Å²) >= 11 is 0. The van der Waals surface area contributed by atoms with E-state index < -0.39 is 0 Å². The Morgan fingerprint density at radius 1 is 0.176 bits per heavy atom. The van der Waals surface area contributed by atoms with Gasteiger partial charge < -0.3 is 18.3 Å². The highest BCUT2D eigenvalue weighted by molar-refractivity contribution is 6.29. The van der Waals surface area contributed by atoms with Gasteiger partial charge in [-0.05, 0) is 208 Å². The van der Waals surface area contributed by atoms with Crippen LogP contribution in [0.2, 0.25) is 0 Å². The van der Waals surface area contributed by atoms with Crippen LogP contribution in [-0.2, 0) is 5.41 Å². The SMILES string of the molecule is CC1(C)c2cc3c4ccc(-n5c6ccccc6c6cc(-n7c8ccccc8c8ccccc87)ccc65)cc4c4ccccc4c3cc2-c2cc3c4ccccc4c4cc(-n5c6ccccc6c6cc(-n7c8ccccc8c8ccccc87)ccc65)ccc4c3cc21. The van der Waals surface area contributed by atoms with Gasteiger partial charge in [0.1, 0.15) is 0 Å². The molecule has 0 aliphatic heterocycles. The van der Waals surface area contributed by atoms with Crippen molar-refractivity contribution in [2.24, 2.45) is 0 Å². The van der Waals surface area contributed by atoms with Crippen molar-refractivity contribution in [2.75, 3.05) is 0 Å². The Morgan fingerprint density at radius 2 is 0.385 bits per heavy atom. The molecule has 0 saturated carbocycles. The molecule has 0 amide bonds. The molecule has 0 spiro atoms. The minimum absolute atomic E-state index is 0.273. The number of aromatic nitrogens is 4. The second-order valence-corrected chi connectivity index (χ2v) is 25.9. The van der Waals surface area contributed by atoms with Crippen molar-refractivity contribution in [3.63, 3.8) is 0 Å². The molecule has 0 radical (unpaired) electrons. The van der Waals surface area contributed by atoms with Crippen LogP contribution < -0.4 is 0 Å². The highest BCUT2D eigenvalue weighted by Crippen LogP contribution is 2.54. The van der Waals surface area contributed by atoms with E-state index in [0.717, 1.165) is 22.7 Å². The normalized spacial score (nSPS) is 13.3. The summed E-state index contributed by atoms with van der Waals surface area (Å²) < 4.78 is 9.82. The number of benzene rings is 16. The molecule has 1 aliphatic rings. The van der Waals surface area contributed by atoms with E-state index in [1.54, 1.807) is 0 Å². The number of fused-ring (bicyclic) bond motifs is 27. The quantitative estimate of drug-likeness (QED) is 0.157. The van der Waals surface area contributed by atoms with E-state index in [1.165, 1.54) is 174 Å². The summed E-state index contributed by atoms with van der Waals surface area (Å²) in [6.07, 6.45) is 0.